The fourth-order valence-corrected chi connectivity index (χ4v) is 2.97. The summed E-state index contributed by atoms with van der Waals surface area (Å²) in [7, 11) is 1.81. The van der Waals surface area contributed by atoms with Crippen LogP contribution in [0.2, 0.25) is 0 Å². The number of methoxy groups -OCH3 is 1. The lowest BCUT2D eigenvalue weighted by Gasteiger charge is -2.35. The number of likely N-dealkylation sites (tertiary alicyclic amines) is 1. The van der Waals surface area contributed by atoms with E-state index < -0.39 is 0 Å². The summed E-state index contributed by atoms with van der Waals surface area (Å²) < 4.78 is 5.27. The molecule has 17 heavy (non-hydrogen) atoms. The second-order valence-corrected chi connectivity index (χ2v) is 5.95. The first-order valence-corrected chi connectivity index (χ1v) is 7.07. The standard InChI is InChI=1S/C14H30N2O/c1-12(2)7-14(8-15)10-16-6-4-5-13(9-16)11-17-3/h12-14H,4-11,15H2,1-3H3. The molecule has 1 saturated heterocycles. The van der Waals surface area contributed by atoms with Gasteiger partial charge in [-0.15, -0.1) is 0 Å². The van der Waals surface area contributed by atoms with Gasteiger partial charge in [0.2, 0.25) is 0 Å². The van der Waals surface area contributed by atoms with Crippen molar-refractivity contribution in [3.8, 4) is 0 Å². The van der Waals surface area contributed by atoms with Gasteiger partial charge < -0.3 is 15.4 Å². The fourth-order valence-electron chi connectivity index (χ4n) is 2.97. The zero-order valence-electron chi connectivity index (χ0n) is 11.8. The number of hydrogen-bond donors (Lipinski definition) is 1. The van der Waals surface area contributed by atoms with E-state index in [9.17, 15) is 0 Å². The average molecular weight is 242 g/mol. The molecule has 2 unspecified atom stereocenters. The van der Waals surface area contributed by atoms with Crippen LogP contribution in [0.15, 0.2) is 0 Å². The maximum Gasteiger partial charge on any atom is 0.0502 e. The van der Waals surface area contributed by atoms with Crippen molar-refractivity contribution in [2.45, 2.75) is 33.1 Å². The van der Waals surface area contributed by atoms with Crippen molar-refractivity contribution in [2.24, 2.45) is 23.5 Å². The fraction of sp³-hybridized carbons (Fsp3) is 1.00. The molecule has 0 radical (unpaired) electrons. The summed E-state index contributed by atoms with van der Waals surface area (Å²) in [5.74, 6) is 2.14. The number of rotatable bonds is 7. The molecule has 0 aromatic heterocycles. The Hall–Kier alpha value is -0.120. The van der Waals surface area contributed by atoms with Gasteiger partial charge in [-0.1, -0.05) is 13.8 Å². The van der Waals surface area contributed by atoms with Crippen LogP contribution in [0.5, 0.6) is 0 Å². The molecule has 2 N–H and O–H groups in total. The zero-order chi connectivity index (χ0) is 12.7. The molecule has 2 atom stereocenters. The van der Waals surface area contributed by atoms with Gasteiger partial charge in [-0.2, -0.15) is 0 Å². The van der Waals surface area contributed by atoms with Crippen LogP contribution in [0.25, 0.3) is 0 Å². The molecule has 1 fully saturated rings. The molecule has 1 heterocycles. The molecule has 0 aliphatic carbocycles. The maximum absolute atomic E-state index is 5.88. The Bertz CT molecular complexity index is 195. The minimum Gasteiger partial charge on any atom is -0.384 e. The van der Waals surface area contributed by atoms with Crippen molar-refractivity contribution in [1.82, 2.24) is 4.90 Å². The van der Waals surface area contributed by atoms with Crippen molar-refractivity contribution in [2.75, 3.05) is 39.9 Å². The zero-order valence-corrected chi connectivity index (χ0v) is 11.8. The van der Waals surface area contributed by atoms with Gasteiger partial charge in [-0.3, -0.25) is 0 Å². The van der Waals surface area contributed by atoms with Crippen molar-refractivity contribution < 1.29 is 4.74 Å². The van der Waals surface area contributed by atoms with E-state index in [0.29, 0.717) is 5.92 Å². The lowest BCUT2D eigenvalue weighted by Crippen LogP contribution is -2.41. The van der Waals surface area contributed by atoms with Crippen LogP contribution in [0.1, 0.15) is 33.1 Å². The Labute approximate surface area is 107 Å². The van der Waals surface area contributed by atoms with Gasteiger partial charge in [0.05, 0.1) is 6.61 Å². The molecule has 3 nitrogen and oxygen atoms in total. The predicted molar refractivity (Wildman–Crippen MR) is 73.0 cm³/mol. The average Bonchev–Trinajstić information content (AvgIpc) is 2.28. The van der Waals surface area contributed by atoms with Crippen LogP contribution >= 0.6 is 0 Å². The van der Waals surface area contributed by atoms with Crippen LogP contribution in [0, 0.1) is 17.8 Å². The third-order valence-electron chi connectivity index (χ3n) is 3.66. The predicted octanol–water partition coefficient (Wildman–Crippen LogP) is 1.97. The van der Waals surface area contributed by atoms with Gasteiger partial charge in [0.15, 0.2) is 0 Å². The molecule has 0 amide bonds. The van der Waals surface area contributed by atoms with E-state index in [2.05, 4.69) is 18.7 Å². The highest BCUT2D eigenvalue weighted by Crippen LogP contribution is 2.19. The maximum atomic E-state index is 5.88. The number of nitrogens with two attached hydrogens (primary N) is 1. The Morgan fingerprint density at radius 1 is 1.41 bits per heavy atom. The summed E-state index contributed by atoms with van der Waals surface area (Å²) in [6.45, 7) is 9.92. The normalized spacial score (nSPS) is 24.2. The molecule has 0 spiro atoms. The van der Waals surface area contributed by atoms with Crippen molar-refractivity contribution in [3.63, 3.8) is 0 Å². The smallest absolute Gasteiger partial charge is 0.0502 e. The molecule has 1 aliphatic rings. The minimum atomic E-state index is 0.663. The van der Waals surface area contributed by atoms with Gasteiger partial charge in [-0.05, 0) is 50.1 Å². The quantitative estimate of drug-likeness (QED) is 0.742. The van der Waals surface area contributed by atoms with E-state index >= 15 is 0 Å². The highest BCUT2D eigenvalue weighted by atomic mass is 16.5. The largest absolute Gasteiger partial charge is 0.384 e. The van der Waals surface area contributed by atoms with Crippen molar-refractivity contribution >= 4 is 0 Å². The van der Waals surface area contributed by atoms with Crippen molar-refractivity contribution in [3.05, 3.63) is 0 Å². The van der Waals surface area contributed by atoms with E-state index in [1.807, 2.05) is 0 Å². The first-order chi connectivity index (χ1) is 8.15. The third kappa shape index (κ3) is 5.84. The molecule has 1 aliphatic heterocycles. The molecule has 0 bridgehead atoms. The summed E-state index contributed by atoms with van der Waals surface area (Å²) >= 11 is 0. The topological polar surface area (TPSA) is 38.5 Å². The van der Waals surface area contributed by atoms with E-state index in [0.717, 1.165) is 25.0 Å². The molecule has 102 valence electrons. The second kappa shape index (κ2) is 8.06. The Kier molecular flexibility index (Phi) is 7.09. The van der Waals surface area contributed by atoms with Crippen LogP contribution in [-0.2, 0) is 4.74 Å². The number of piperidine rings is 1. The summed E-state index contributed by atoms with van der Waals surface area (Å²) in [4.78, 5) is 2.59. The van der Waals surface area contributed by atoms with Crippen LogP contribution < -0.4 is 5.73 Å². The number of hydrogen-bond acceptors (Lipinski definition) is 3. The monoisotopic (exact) mass is 242 g/mol. The highest BCUT2D eigenvalue weighted by Gasteiger charge is 2.22. The SMILES string of the molecule is COCC1CCCN(CC(CN)CC(C)C)C1. The summed E-state index contributed by atoms with van der Waals surface area (Å²) in [6.07, 6.45) is 3.89. The van der Waals surface area contributed by atoms with E-state index in [4.69, 9.17) is 10.5 Å². The molecule has 3 heteroatoms. The van der Waals surface area contributed by atoms with E-state index in [1.165, 1.54) is 38.9 Å². The Morgan fingerprint density at radius 3 is 2.76 bits per heavy atom. The van der Waals surface area contributed by atoms with Gasteiger partial charge in [0.1, 0.15) is 0 Å². The van der Waals surface area contributed by atoms with Crippen LogP contribution in [-0.4, -0.2) is 44.8 Å². The molecule has 1 rings (SSSR count). The highest BCUT2D eigenvalue weighted by molar-refractivity contribution is 4.76. The van der Waals surface area contributed by atoms with E-state index in [1.54, 1.807) is 7.11 Å². The number of ether oxygens (including phenoxy) is 1. The number of nitrogens with zero attached hydrogens (tertiary/aromatic N) is 1. The molecular formula is C14H30N2O. The van der Waals surface area contributed by atoms with Gasteiger partial charge in [0, 0.05) is 20.2 Å². The Balaban J connectivity index is 2.33. The van der Waals surface area contributed by atoms with Crippen LogP contribution in [0.4, 0.5) is 0 Å². The summed E-state index contributed by atoms with van der Waals surface area (Å²) in [6, 6.07) is 0. The van der Waals surface area contributed by atoms with Gasteiger partial charge >= 0.3 is 0 Å². The molecular weight excluding hydrogens is 212 g/mol. The minimum absolute atomic E-state index is 0.663. The lowest BCUT2D eigenvalue weighted by atomic mass is 9.94. The lowest BCUT2D eigenvalue weighted by molar-refractivity contribution is 0.0812. The first kappa shape index (κ1) is 14.9. The second-order valence-electron chi connectivity index (χ2n) is 5.95. The molecule has 0 aromatic rings. The van der Waals surface area contributed by atoms with Gasteiger partial charge in [0.25, 0.3) is 0 Å². The van der Waals surface area contributed by atoms with Crippen LogP contribution in [0.3, 0.4) is 0 Å². The van der Waals surface area contributed by atoms with Crippen molar-refractivity contribution in [1.29, 1.82) is 0 Å². The summed E-state index contributed by atoms with van der Waals surface area (Å²) in [5.41, 5.74) is 5.88. The van der Waals surface area contributed by atoms with E-state index in [-0.39, 0.29) is 0 Å². The third-order valence-corrected chi connectivity index (χ3v) is 3.66. The molecule has 0 aromatic carbocycles. The molecule has 0 saturated carbocycles. The Morgan fingerprint density at radius 2 is 2.18 bits per heavy atom. The first-order valence-electron chi connectivity index (χ1n) is 7.07. The van der Waals surface area contributed by atoms with Gasteiger partial charge in [-0.25, -0.2) is 0 Å². The summed E-state index contributed by atoms with van der Waals surface area (Å²) in [5, 5.41) is 0.